The fraction of sp³-hybridized carbons (Fsp3) is 0.812. The average molecular weight is 380 g/mol. The van der Waals surface area contributed by atoms with Gasteiger partial charge in [-0.15, -0.1) is 0 Å². The van der Waals surface area contributed by atoms with Crippen LogP contribution in [0.25, 0.3) is 0 Å². The molecule has 0 aliphatic carbocycles. The van der Waals surface area contributed by atoms with Gasteiger partial charge in [-0.2, -0.15) is 0 Å². The van der Waals surface area contributed by atoms with Gasteiger partial charge in [0.1, 0.15) is 0 Å². The van der Waals surface area contributed by atoms with Crippen molar-refractivity contribution in [2.75, 3.05) is 6.61 Å². The number of carboxylic acids is 3. The fourth-order valence-corrected chi connectivity index (χ4v) is 2.37. The van der Waals surface area contributed by atoms with Crippen LogP contribution in [0.2, 0.25) is 0 Å². The van der Waals surface area contributed by atoms with Crippen LogP contribution in [0.5, 0.6) is 0 Å². The van der Waals surface area contributed by atoms with E-state index in [2.05, 4.69) is 6.92 Å². The summed E-state index contributed by atoms with van der Waals surface area (Å²) in [6.45, 7) is 2.20. The maximum absolute atomic E-state index is 11.3. The molecule has 0 spiro atoms. The Kier molecular flexibility index (Phi) is 21.4. The summed E-state index contributed by atoms with van der Waals surface area (Å²) in [7, 11) is 0. The molecule has 0 unspecified atom stereocenters. The van der Waals surface area contributed by atoms with Crippen molar-refractivity contribution in [3.63, 3.8) is 0 Å². The van der Waals surface area contributed by atoms with Crippen LogP contribution in [0.4, 0.5) is 0 Å². The molecular weight excluding hydrogens is 350 g/mol. The van der Waals surface area contributed by atoms with Crippen LogP contribution >= 0.6 is 0 Å². The SMILES string of the molecule is CCCCCCCCCCOC(CC(=O)O)(CC(=O)O)C(=O)O.[NaH].[NaH]. The van der Waals surface area contributed by atoms with Crippen LogP contribution < -0.4 is 0 Å². The van der Waals surface area contributed by atoms with Gasteiger partial charge in [0.15, 0.2) is 5.60 Å². The Morgan fingerprint density at radius 1 is 0.760 bits per heavy atom. The summed E-state index contributed by atoms with van der Waals surface area (Å²) in [4.78, 5) is 33.0. The molecule has 0 aromatic carbocycles. The van der Waals surface area contributed by atoms with Crippen LogP contribution in [-0.4, -0.2) is 105 Å². The summed E-state index contributed by atoms with van der Waals surface area (Å²) >= 11 is 0. The number of hydrogen-bond acceptors (Lipinski definition) is 4. The molecule has 0 rings (SSSR count). The zero-order valence-electron chi connectivity index (χ0n) is 13.8. The molecular formula is C16H30Na2O7. The Hall–Kier alpha value is 0.370. The minimum absolute atomic E-state index is 0. The summed E-state index contributed by atoms with van der Waals surface area (Å²) in [5, 5.41) is 26.8. The van der Waals surface area contributed by atoms with Gasteiger partial charge in [0, 0.05) is 6.61 Å². The number of carbonyl (C=O) groups is 3. The first kappa shape index (κ1) is 30.1. The van der Waals surface area contributed by atoms with Crippen molar-refractivity contribution >= 4 is 77.0 Å². The molecule has 0 heterocycles. The van der Waals surface area contributed by atoms with Gasteiger partial charge < -0.3 is 20.1 Å². The first-order valence-electron chi connectivity index (χ1n) is 8.15. The maximum atomic E-state index is 11.3. The van der Waals surface area contributed by atoms with E-state index in [0.29, 0.717) is 6.42 Å². The summed E-state index contributed by atoms with van der Waals surface area (Å²) in [6.07, 6.45) is 6.62. The van der Waals surface area contributed by atoms with E-state index in [0.717, 1.165) is 19.3 Å². The van der Waals surface area contributed by atoms with Crippen LogP contribution in [0.1, 0.15) is 71.1 Å². The van der Waals surface area contributed by atoms with Crippen molar-refractivity contribution in [1.82, 2.24) is 0 Å². The van der Waals surface area contributed by atoms with E-state index in [1.165, 1.54) is 25.7 Å². The van der Waals surface area contributed by atoms with Gasteiger partial charge in [0.2, 0.25) is 0 Å². The molecule has 0 saturated heterocycles. The average Bonchev–Trinajstić information content (AvgIpc) is 2.43. The molecule has 3 N–H and O–H groups in total. The van der Waals surface area contributed by atoms with E-state index >= 15 is 0 Å². The third kappa shape index (κ3) is 15.2. The van der Waals surface area contributed by atoms with E-state index in [-0.39, 0.29) is 65.7 Å². The van der Waals surface area contributed by atoms with Gasteiger partial charge in [-0.3, -0.25) is 9.59 Å². The third-order valence-corrected chi connectivity index (χ3v) is 3.64. The molecule has 25 heavy (non-hydrogen) atoms. The van der Waals surface area contributed by atoms with Crippen LogP contribution in [-0.2, 0) is 19.1 Å². The van der Waals surface area contributed by atoms with Crippen LogP contribution in [0.3, 0.4) is 0 Å². The predicted octanol–water partition coefficient (Wildman–Crippen LogP) is 1.62. The molecule has 0 bridgehead atoms. The topological polar surface area (TPSA) is 121 Å². The summed E-state index contributed by atoms with van der Waals surface area (Å²) in [5.41, 5.74) is -2.20. The molecule has 0 atom stereocenters. The molecule has 0 fully saturated rings. The molecule has 0 radical (unpaired) electrons. The molecule has 7 nitrogen and oxygen atoms in total. The van der Waals surface area contributed by atoms with E-state index in [4.69, 9.17) is 14.9 Å². The van der Waals surface area contributed by atoms with Crippen molar-refractivity contribution in [1.29, 1.82) is 0 Å². The van der Waals surface area contributed by atoms with E-state index in [1.54, 1.807) is 0 Å². The van der Waals surface area contributed by atoms with Crippen molar-refractivity contribution in [2.24, 2.45) is 0 Å². The Morgan fingerprint density at radius 2 is 1.16 bits per heavy atom. The number of ether oxygens (including phenoxy) is 1. The molecule has 0 aliphatic rings. The second-order valence-electron chi connectivity index (χ2n) is 5.76. The van der Waals surface area contributed by atoms with Gasteiger partial charge in [-0.25, -0.2) is 4.79 Å². The summed E-state index contributed by atoms with van der Waals surface area (Å²) < 4.78 is 5.20. The molecule has 0 saturated carbocycles. The Balaban J connectivity index is -0.00000242. The van der Waals surface area contributed by atoms with Gasteiger partial charge in [0.05, 0.1) is 12.8 Å². The van der Waals surface area contributed by atoms with Gasteiger partial charge in [-0.1, -0.05) is 51.9 Å². The van der Waals surface area contributed by atoms with E-state index < -0.39 is 36.4 Å². The normalized spacial score (nSPS) is 10.4. The first-order valence-corrected chi connectivity index (χ1v) is 8.15. The van der Waals surface area contributed by atoms with Crippen molar-refractivity contribution in [3.8, 4) is 0 Å². The first-order chi connectivity index (χ1) is 10.8. The zero-order chi connectivity index (χ0) is 17.7. The number of hydrogen-bond donors (Lipinski definition) is 3. The number of unbranched alkanes of at least 4 members (excludes halogenated alkanes) is 7. The van der Waals surface area contributed by atoms with Gasteiger partial charge in [0.25, 0.3) is 0 Å². The minimum atomic E-state index is -2.20. The van der Waals surface area contributed by atoms with Crippen molar-refractivity contribution in [3.05, 3.63) is 0 Å². The quantitative estimate of drug-likeness (QED) is 0.291. The van der Waals surface area contributed by atoms with Crippen molar-refractivity contribution in [2.45, 2.75) is 76.7 Å². The molecule has 0 aliphatic heterocycles. The Bertz CT molecular complexity index is 373. The fourth-order valence-electron chi connectivity index (χ4n) is 2.37. The van der Waals surface area contributed by atoms with Gasteiger partial charge in [-0.05, 0) is 6.42 Å². The predicted molar refractivity (Wildman–Crippen MR) is 97.7 cm³/mol. The van der Waals surface area contributed by atoms with Crippen LogP contribution in [0.15, 0.2) is 0 Å². The number of aliphatic carboxylic acids is 3. The number of rotatable bonds is 15. The van der Waals surface area contributed by atoms with E-state index in [9.17, 15) is 19.5 Å². The molecule has 138 valence electrons. The molecule has 0 aromatic rings. The van der Waals surface area contributed by atoms with E-state index in [1.807, 2.05) is 0 Å². The van der Waals surface area contributed by atoms with Crippen molar-refractivity contribution < 1.29 is 34.4 Å². The van der Waals surface area contributed by atoms with Gasteiger partial charge >= 0.3 is 77.0 Å². The summed E-state index contributed by atoms with van der Waals surface area (Å²) in [6, 6.07) is 0. The zero-order valence-corrected chi connectivity index (χ0v) is 13.8. The van der Waals surface area contributed by atoms with Crippen LogP contribution in [0, 0.1) is 0 Å². The standard InChI is InChI=1S/C16H28O7.2Na.2H/c1-2-3-4-5-6-7-8-9-10-23-16(15(21)22,11-13(17)18)12-14(19)20;;;;/h2-12H2,1H3,(H,17,18)(H,19,20)(H,21,22);;;;. The second kappa shape index (κ2) is 17.8. The molecule has 0 aromatic heterocycles. The molecule has 9 heteroatoms. The second-order valence-corrected chi connectivity index (χ2v) is 5.76. The Morgan fingerprint density at radius 3 is 1.52 bits per heavy atom. The Labute approximate surface area is 193 Å². The molecule has 0 amide bonds. The summed E-state index contributed by atoms with van der Waals surface area (Å²) in [5.74, 6) is -4.35. The monoisotopic (exact) mass is 380 g/mol. The number of carboxylic acid groups (broad SMARTS) is 3. The third-order valence-electron chi connectivity index (χ3n) is 3.64.